The minimum Gasteiger partial charge on any atom is -0.497 e. The maximum atomic E-state index is 12.9. The predicted molar refractivity (Wildman–Crippen MR) is 105 cm³/mol. The Hall–Kier alpha value is -2.54. The Balaban J connectivity index is 1.59. The lowest BCUT2D eigenvalue weighted by atomic mass is 9.91. The molecule has 28 heavy (non-hydrogen) atoms. The van der Waals surface area contributed by atoms with E-state index < -0.39 is 11.7 Å². The van der Waals surface area contributed by atoms with E-state index in [1.165, 1.54) is 0 Å². The van der Waals surface area contributed by atoms with Crippen LogP contribution in [0, 0.1) is 6.92 Å². The van der Waals surface area contributed by atoms with Gasteiger partial charge in [-0.2, -0.15) is 0 Å². The first-order chi connectivity index (χ1) is 13.4. The van der Waals surface area contributed by atoms with Crippen LogP contribution in [0.15, 0.2) is 36.7 Å². The van der Waals surface area contributed by atoms with E-state index in [4.69, 9.17) is 9.47 Å². The van der Waals surface area contributed by atoms with E-state index in [9.17, 15) is 9.90 Å². The quantitative estimate of drug-likeness (QED) is 0.790. The maximum absolute atomic E-state index is 12.9. The number of likely N-dealkylation sites (tertiary alicyclic amines) is 1. The lowest BCUT2D eigenvalue weighted by molar-refractivity contribution is -0.143. The molecule has 1 N–H and O–H groups in total. The SMILES string of the molecule is CCC(Oc1cccc(OC)c1)C(=O)N1CCC(O)(Cn2ccnc2C)CC1. The van der Waals surface area contributed by atoms with Gasteiger partial charge in [-0.15, -0.1) is 0 Å². The lowest BCUT2D eigenvalue weighted by Gasteiger charge is -2.39. The van der Waals surface area contributed by atoms with Gasteiger partial charge in [-0.25, -0.2) is 4.98 Å². The number of hydrogen-bond acceptors (Lipinski definition) is 5. The second-order valence-corrected chi connectivity index (χ2v) is 7.35. The van der Waals surface area contributed by atoms with Crippen molar-refractivity contribution in [3.63, 3.8) is 0 Å². The fourth-order valence-electron chi connectivity index (χ4n) is 3.54. The molecule has 7 nitrogen and oxygen atoms in total. The van der Waals surface area contributed by atoms with E-state index in [-0.39, 0.29) is 5.91 Å². The van der Waals surface area contributed by atoms with Gasteiger partial charge in [0.1, 0.15) is 17.3 Å². The van der Waals surface area contributed by atoms with Gasteiger partial charge in [0.25, 0.3) is 5.91 Å². The van der Waals surface area contributed by atoms with Crippen LogP contribution < -0.4 is 9.47 Å². The summed E-state index contributed by atoms with van der Waals surface area (Å²) < 4.78 is 13.1. The third-order valence-corrected chi connectivity index (χ3v) is 5.36. The van der Waals surface area contributed by atoms with Crippen LogP contribution in [-0.2, 0) is 11.3 Å². The van der Waals surface area contributed by atoms with Gasteiger partial charge in [0.2, 0.25) is 0 Å². The van der Waals surface area contributed by atoms with Crippen molar-refractivity contribution in [3.8, 4) is 11.5 Å². The summed E-state index contributed by atoms with van der Waals surface area (Å²) in [4.78, 5) is 18.9. The van der Waals surface area contributed by atoms with E-state index in [0.29, 0.717) is 50.4 Å². The number of benzene rings is 1. The number of amides is 1. The molecule has 0 spiro atoms. The van der Waals surface area contributed by atoms with Crippen LogP contribution in [-0.4, -0.2) is 57.4 Å². The number of aliphatic hydroxyl groups is 1. The number of carbonyl (C=O) groups is 1. The maximum Gasteiger partial charge on any atom is 0.263 e. The van der Waals surface area contributed by atoms with Gasteiger partial charge in [0.05, 0.1) is 19.3 Å². The van der Waals surface area contributed by atoms with Gasteiger partial charge < -0.3 is 24.0 Å². The lowest BCUT2D eigenvalue weighted by Crippen LogP contribution is -2.51. The average Bonchev–Trinajstić information content (AvgIpc) is 3.10. The molecule has 1 aromatic heterocycles. The molecule has 1 saturated heterocycles. The van der Waals surface area contributed by atoms with Crippen LogP contribution in [0.4, 0.5) is 0 Å². The predicted octanol–water partition coefficient (Wildman–Crippen LogP) is 2.41. The van der Waals surface area contributed by atoms with Crippen LogP contribution >= 0.6 is 0 Å². The third-order valence-electron chi connectivity index (χ3n) is 5.36. The number of carbonyl (C=O) groups excluding carboxylic acids is 1. The molecule has 0 aliphatic carbocycles. The van der Waals surface area contributed by atoms with E-state index in [1.54, 1.807) is 24.3 Å². The van der Waals surface area contributed by atoms with Crippen LogP contribution in [0.1, 0.15) is 32.0 Å². The molecule has 3 rings (SSSR count). The van der Waals surface area contributed by atoms with Gasteiger partial charge >= 0.3 is 0 Å². The molecule has 0 bridgehead atoms. The number of rotatable bonds is 7. The van der Waals surface area contributed by atoms with Crippen molar-refractivity contribution < 1.29 is 19.4 Å². The van der Waals surface area contributed by atoms with Gasteiger partial charge in [-0.1, -0.05) is 13.0 Å². The van der Waals surface area contributed by atoms with Gasteiger partial charge in [0, 0.05) is 31.5 Å². The minimum absolute atomic E-state index is 0.0359. The number of nitrogens with zero attached hydrogens (tertiary/aromatic N) is 3. The summed E-state index contributed by atoms with van der Waals surface area (Å²) in [6.07, 6.45) is 4.70. The number of hydrogen-bond donors (Lipinski definition) is 1. The number of aromatic nitrogens is 2. The normalized spacial score (nSPS) is 17.2. The molecule has 1 aliphatic rings. The first-order valence-electron chi connectivity index (χ1n) is 9.74. The van der Waals surface area contributed by atoms with Gasteiger partial charge in [-0.3, -0.25) is 4.79 Å². The summed E-state index contributed by atoms with van der Waals surface area (Å²) in [5.74, 6) is 2.15. The summed E-state index contributed by atoms with van der Waals surface area (Å²) in [6, 6.07) is 7.27. The summed E-state index contributed by atoms with van der Waals surface area (Å²) in [5, 5.41) is 10.9. The molecule has 1 aromatic carbocycles. The Morgan fingerprint density at radius 2 is 2.04 bits per heavy atom. The first kappa shape index (κ1) is 20.2. The number of ether oxygens (including phenoxy) is 2. The third kappa shape index (κ3) is 4.65. The molecule has 1 fully saturated rings. The zero-order chi connectivity index (χ0) is 20.1. The summed E-state index contributed by atoms with van der Waals surface area (Å²) >= 11 is 0. The van der Waals surface area contributed by atoms with Crippen molar-refractivity contribution in [2.24, 2.45) is 0 Å². The molecule has 1 amide bonds. The van der Waals surface area contributed by atoms with Crippen molar-refractivity contribution in [1.29, 1.82) is 0 Å². The second kappa shape index (κ2) is 8.65. The van der Waals surface area contributed by atoms with E-state index in [2.05, 4.69) is 4.98 Å². The number of piperidine rings is 1. The van der Waals surface area contributed by atoms with Gasteiger partial charge in [0.15, 0.2) is 6.10 Å². The highest BCUT2D eigenvalue weighted by Gasteiger charge is 2.36. The Kier molecular flexibility index (Phi) is 6.24. The Bertz CT molecular complexity index is 796. The van der Waals surface area contributed by atoms with Crippen molar-refractivity contribution in [1.82, 2.24) is 14.5 Å². The summed E-state index contributed by atoms with van der Waals surface area (Å²) in [7, 11) is 1.60. The van der Waals surface area contributed by atoms with Crippen molar-refractivity contribution >= 4 is 5.91 Å². The minimum atomic E-state index is -0.822. The Morgan fingerprint density at radius 1 is 1.32 bits per heavy atom. The molecule has 1 unspecified atom stereocenters. The highest BCUT2D eigenvalue weighted by Crippen LogP contribution is 2.26. The first-order valence-corrected chi connectivity index (χ1v) is 9.74. The summed E-state index contributed by atoms with van der Waals surface area (Å²) in [5.41, 5.74) is -0.822. The van der Waals surface area contributed by atoms with Crippen molar-refractivity contribution in [3.05, 3.63) is 42.5 Å². The molecule has 0 saturated carbocycles. The van der Waals surface area contributed by atoms with Crippen LogP contribution in [0.2, 0.25) is 0 Å². The van der Waals surface area contributed by atoms with Crippen LogP contribution in [0.25, 0.3) is 0 Å². The monoisotopic (exact) mass is 387 g/mol. The molecule has 2 heterocycles. The smallest absolute Gasteiger partial charge is 0.263 e. The number of methoxy groups -OCH3 is 1. The zero-order valence-electron chi connectivity index (χ0n) is 16.8. The molecule has 1 atom stereocenters. The van der Waals surface area contributed by atoms with Crippen LogP contribution in [0.5, 0.6) is 11.5 Å². The number of imidazole rings is 1. The molecular weight excluding hydrogens is 358 g/mol. The van der Waals surface area contributed by atoms with E-state index in [1.807, 2.05) is 42.8 Å². The Labute approximate surface area is 165 Å². The molecule has 152 valence electrons. The standard InChI is InChI=1S/C21H29N3O4/c1-4-19(28-18-7-5-6-17(14-18)27-3)20(25)23-11-8-21(26,9-12-23)15-24-13-10-22-16(24)2/h5-7,10,13-14,19,26H,4,8-9,11-12,15H2,1-3H3. The largest absolute Gasteiger partial charge is 0.497 e. The van der Waals surface area contributed by atoms with E-state index >= 15 is 0 Å². The topological polar surface area (TPSA) is 76.8 Å². The average molecular weight is 387 g/mol. The molecule has 0 radical (unpaired) electrons. The summed E-state index contributed by atoms with van der Waals surface area (Å²) in [6.45, 7) is 5.38. The molecular formula is C21H29N3O4. The second-order valence-electron chi connectivity index (χ2n) is 7.35. The highest BCUT2D eigenvalue weighted by atomic mass is 16.5. The molecule has 2 aromatic rings. The van der Waals surface area contributed by atoms with Crippen molar-refractivity contribution in [2.45, 2.75) is 51.4 Å². The number of aryl methyl sites for hydroxylation is 1. The van der Waals surface area contributed by atoms with E-state index in [0.717, 1.165) is 5.82 Å². The Morgan fingerprint density at radius 3 is 2.64 bits per heavy atom. The van der Waals surface area contributed by atoms with Crippen molar-refractivity contribution in [2.75, 3.05) is 20.2 Å². The highest BCUT2D eigenvalue weighted by molar-refractivity contribution is 5.81. The zero-order valence-corrected chi connectivity index (χ0v) is 16.8. The molecule has 7 heteroatoms. The fourth-order valence-corrected chi connectivity index (χ4v) is 3.54. The van der Waals surface area contributed by atoms with Gasteiger partial charge in [-0.05, 0) is 38.3 Å². The van der Waals surface area contributed by atoms with Crippen LogP contribution in [0.3, 0.4) is 0 Å². The molecule has 1 aliphatic heterocycles. The fraction of sp³-hybridized carbons (Fsp3) is 0.524.